The molecule has 0 amide bonds. The summed E-state index contributed by atoms with van der Waals surface area (Å²) < 4.78 is 27.1. The second kappa shape index (κ2) is 6.82. The summed E-state index contributed by atoms with van der Waals surface area (Å²) in [5.74, 6) is 0. The number of nitrogens with one attached hydrogen (secondary N) is 1. The molecule has 122 valence electrons. The van der Waals surface area contributed by atoms with Crippen molar-refractivity contribution in [2.24, 2.45) is 0 Å². The van der Waals surface area contributed by atoms with E-state index in [9.17, 15) is 8.42 Å². The van der Waals surface area contributed by atoms with E-state index in [1.54, 1.807) is 24.5 Å². The van der Waals surface area contributed by atoms with Crippen LogP contribution in [0.3, 0.4) is 0 Å². The van der Waals surface area contributed by atoms with Crippen LogP contribution >= 0.6 is 0 Å². The first kappa shape index (κ1) is 16.2. The predicted molar refractivity (Wildman–Crippen MR) is 94.6 cm³/mol. The molecule has 0 saturated heterocycles. The summed E-state index contributed by atoms with van der Waals surface area (Å²) in [6.07, 6.45) is 3.52. The largest absolute Gasteiger partial charge is 0.399 e. The van der Waals surface area contributed by atoms with Gasteiger partial charge in [-0.3, -0.25) is 4.98 Å². The van der Waals surface area contributed by atoms with E-state index in [-0.39, 0.29) is 11.4 Å². The van der Waals surface area contributed by atoms with Crippen molar-refractivity contribution in [2.45, 2.75) is 11.4 Å². The maximum atomic E-state index is 12.2. The molecule has 0 radical (unpaired) electrons. The standard InChI is InChI=1S/C18H17N3O2S/c19-17-7-9-18(10-8-17)24(22,23)21-12-14-3-5-15(6-4-14)16-2-1-11-20-13-16/h1-11,13,21H,12,19H2. The van der Waals surface area contributed by atoms with Gasteiger partial charge in [-0.05, 0) is 47.0 Å². The fraction of sp³-hybridized carbons (Fsp3) is 0.0556. The Morgan fingerprint density at radius 3 is 2.25 bits per heavy atom. The average Bonchev–Trinajstić information content (AvgIpc) is 2.62. The van der Waals surface area contributed by atoms with Crippen molar-refractivity contribution in [2.75, 3.05) is 5.73 Å². The Morgan fingerprint density at radius 2 is 1.62 bits per heavy atom. The molecule has 2 aromatic carbocycles. The Labute approximate surface area is 141 Å². The topological polar surface area (TPSA) is 85.1 Å². The van der Waals surface area contributed by atoms with E-state index in [4.69, 9.17) is 5.73 Å². The molecular weight excluding hydrogens is 322 g/mol. The molecular formula is C18H17N3O2S. The van der Waals surface area contributed by atoms with E-state index >= 15 is 0 Å². The number of benzene rings is 2. The van der Waals surface area contributed by atoms with E-state index in [0.29, 0.717) is 5.69 Å². The van der Waals surface area contributed by atoms with Gasteiger partial charge in [0.2, 0.25) is 10.0 Å². The van der Waals surface area contributed by atoms with Crippen molar-refractivity contribution in [3.05, 3.63) is 78.6 Å². The molecule has 0 aliphatic rings. The Morgan fingerprint density at radius 1 is 0.917 bits per heavy atom. The van der Waals surface area contributed by atoms with Crippen LogP contribution < -0.4 is 10.5 Å². The van der Waals surface area contributed by atoms with E-state index < -0.39 is 10.0 Å². The highest BCUT2D eigenvalue weighted by atomic mass is 32.2. The van der Waals surface area contributed by atoms with Crippen molar-refractivity contribution < 1.29 is 8.42 Å². The first-order valence-corrected chi connectivity index (χ1v) is 8.87. The van der Waals surface area contributed by atoms with Crippen molar-refractivity contribution in [3.63, 3.8) is 0 Å². The molecule has 6 heteroatoms. The summed E-state index contributed by atoms with van der Waals surface area (Å²) in [7, 11) is -3.55. The lowest BCUT2D eigenvalue weighted by molar-refractivity contribution is 0.581. The zero-order valence-corrected chi connectivity index (χ0v) is 13.7. The minimum atomic E-state index is -3.55. The fourth-order valence-corrected chi connectivity index (χ4v) is 3.27. The molecule has 3 N–H and O–H groups in total. The lowest BCUT2D eigenvalue weighted by Gasteiger charge is -2.08. The summed E-state index contributed by atoms with van der Waals surface area (Å²) in [5, 5.41) is 0. The Bertz CT molecular complexity index is 907. The van der Waals surface area contributed by atoms with Gasteiger partial charge in [0, 0.05) is 24.6 Å². The average molecular weight is 339 g/mol. The van der Waals surface area contributed by atoms with Gasteiger partial charge in [0.05, 0.1) is 4.90 Å². The highest BCUT2D eigenvalue weighted by Gasteiger charge is 2.13. The first-order valence-electron chi connectivity index (χ1n) is 7.39. The van der Waals surface area contributed by atoms with E-state index in [0.717, 1.165) is 16.7 Å². The third kappa shape index (κ3) is 3.79. The molecule has 0 saturated carbocycles. The lowest BCUT2D eigenvalue weighted by Crippen LogP contribution is -2.23. The van der Waals surface area contributed by atoms with Crippen LogP contribution in [0.5, 0.6) is 0 Å². The van der Waals surface area contributed by atoms with Gasteiger partial charge in [-0.2, -0.15) is 0 Å². The summed E-state index contributed by atoms with van der Waals surface area (Å²) >= 11 is 0. The zero-order valence-electron chi connectivity index (χ0n) is 12.9. The maximum Gasteiger partial charge on any atom is 0.240 e. The highest BCUT2D eigenvalue weighted by Crippen LogP contribution is 2.18. The second-order valence-corrected chi connectivity index (χ2v) is 7.10. The fourth-order valence-electron chi connectivity index (χ4n) is 2.26. The van der Waals surface area contributed by atoms with Gasteiger partial charge in [-0.25, -0.2) is 13.1 Å². The summed E-state index contributed by atoms with van der Waals surface area (Å²) in [5.41, 5.74) is 9.04. The Hall–Kier alpha value is -2.70. The van der Waals surface area contributed by atoms with Gasteiger partial charge in [-0.15, -0.1) is 0 Å². The predicted octanol–water partition coefficient (Wildman–Crippen LogP) is 2.81. The van der Waals surface area contributed by atoms with Crippen LogP contribution in [-0.4, -0.2) is 13.4 Å². The van der Waals surface area contributed by atoms with Gasteiger partial charge in [-0.1, -0.05) is 30.3 Å². The molecule has 3 rings (SSSR count). The van der Waals surface area contributed by atoms with E-state index in [1.807, 2.05) is 36.4 Å². The SMILES string of the molecule is Nc1ccc(S(=O)(=O)NCc2ccc(-c3cccnc3)cc2)cc1. The molecule has 0 bridgehead atoms. The Balaban J connectivity index is 1.69. The van der Waals surface area contributed by atoms with Crippen LogP contribution in [0.25, 0.3) is 11.1 Å². The number of hydrogen-bond acceptors (Lipinski definition) is 4. The maximum absolute atomic E-state index is 12.2. The molecule has 24 heavy (non-hydrogen) atoms. The molecule has 3 aromatic rings. The van der Waals surface area contributed by atoms with E-state index in [1.165, 1.54) is 12.1 Å². The molecule has 5 nitrogen and oxygen atoms in total. The third-order valence-corrected chi connectivity index (χ3v) is 5.02. The number of nitrogen functional groups attached to an aromatic ring is 1. The monoisotopic (exact) mass is 339 g/mol. The van der Waals surface area contributed by atoms with Crippen LogP contribution in [0.15, 0.2) is 78.0 Å². The van der Waals surface area contributed by atoms with Crippen LogP contribution in [0.2, 0.25) is 0 Å². The number of hydrogen-bond donors (Lipinski definition) is 2. The molecule has 0 fully saturated rings. The van der Waals surface area contributed by atoms with Gasteiger partial charge in [0.15, 0.2) is 0 Å². The first-order chi connectivity index (χ1) is 11.5. The van der Waals surface area contributed by atoms with Crippen LogP contribution in [0.4, 0.5) is 5.69 Å². The quantitative estimate of drug-likeness (QED) is 0.700. The van der Waals surface area contributed by atoms with E-state index in [2.05, 4.69) is 9.71 Å². The van der Waals surface area contributed by atoms with Crippen LogP contribution in [0, 0.1) is 0 Å². The lowest BCUT2D eigenvalue weighted by atomic mass is 10.1. The minimum absolute atomic E-state index is 0.198. The molecule has 0 atom stereocenters. The minimum Gasteiger partial charge on any atom is -0.399 e. The zero-order chi connectivity index (χ0) is 17.0. The summed E-state index contributed by atoms with van der Waals surface area (Å²) in [6.45, 7) is 0.222. The van der Waals surface area contributed by atoms with Crippen molar-refractivity contribution >= 4 is 15.7 Å². The van der Waals surface area contributed by atoms with Crippen molar-refractivity contribution in [3.8, 4) is 11.1 Å². The number of nitrogens with two attached hydrogens (primary N) is 1. The number of anilines is 1. The molecule has 1 heterocycles. The number of aromatic nitrogens is 1. The highest BCUT2D eigenvalue weighted by molar-refractivity contribution is 7.89. The molecule has 0 aliphatic heterocycles. The summed E-state index contributed by atoms with van der Waals surface area (Å²) in [6, 6.07) is 17.7. The van der Waals surface area contributed by atoms with Gasteiger partial charge in [0.25, 0.3) is 0 Å². The third-order valence-electron chi connectivity index (χ3n) is 3.61. The van der Waals surface area contributed by atoms with Gasteiger partial charge < -0.3 is 5.73 Å². The number of rotatable bonds is 5. The molecule has 0 aliphatic carbocycles. The number of nitrogens with zero attached hydrogens (tertiary/aromatic N) is 1. The van der Waals surface area contributed by atoms with Crippen molar-refractivity contribution in [1.82, 2.24) is 9.71 Å². The molecule has 1 aromatic heterocycles. The normalized spacial score (nSPS) is 11.3. The Kier molecular flexibility index (Phi) is 4.59. The van der Waals surface area contributed by atoms with Crippen molar-refractivity contribution in [1.29, 1.82) is 0 Å². The molecule has 0 spiro atoms. The van der Waals surface area contributed by atoms with Gasteiger partial charge in [0.1, 0.15) is 0 Å². The number of sulfonamides is 1. The smallest absolute Gasteiger partial charge is 0.240 e. The van der Waals surface area contributed by atoms with Gasteiger partial charge >= 0.3 is 0 Å². The molecule has 0 unspecified atom stereocenters. The summed E-state index contributed by atoms with van der Waals surface area (Å²) in [4.78, 5) is 4.29. The second-order valence-electron chi connectivity index (χ2n) is 5.33. The van der Waals surface area contributed by atoms with Crippen LogP contribution in [0.1, 0.15) is 5.56 Å². The number of pyridine rings is 1. The van der Waals surface area contributed by atoms with Crippen LogP contribution in [-0.2, 0) is 16.6 Å².